The largest absolute Gasteiger partial charge is 0.390 e. The zero-order valence-corrected chi connectivity index (χ0v) is 9.56. The molecule has 0 bridgehead atoms. The minimum atomic E-state index is -0.477. The van der Waals surface area contributed by atoms with Crippen LogP contribution in [0.15, 0.2) is 0 Å². The van der Waals surface area contributed by atoms with Gasteiger partial charge in [-0.3, -0.25) is 0 Å². The summed E-state index contributed by atoms with van der Waals surface area (Å²) in [5.41, 5.74) is 0.0360. The monoisotopic (exact) mass is 184 g/mol. The van der Waals surface area contributed by atoms with E-state index < -0.39 is 5.60 Å². The van der Waals surface area contributed by atoms with Gasteiger partial charge in [0.1, 0.15) is 0 Å². The third-order valence-corrected chi connectivity index (χ3v) is 3.42. The van der Waals surface area contributed by atoms with Crippen molar-refractivity contribution in [1.82, 2.24) is 0 Å². The van der Waals surface area contributed by atoms with Crippen molar-refractivity contribution < 1.29 is 5.11 Å². The molecule has 0 saturated heterocycles. The van der Waals surface area contributed by atoms with Gasteiger partial charge in [-0.15, -0.1) is 0 Å². The van der Waals surface area contributed by atoms with Crippen LogP contribution in [-0.2, 0) is 0 Å². The van der Waals surface area contributed by atoms with Crippen LogP contribution in [0.5, 0.6) is 0 Å². The van der Waals surface area contributed by atoms with E-state index in [-0.39, 0.29) is 0 Å². The summed E-state index contributed by atoms with van der Waals surface area (Å²) in [6.45, 7) is 8.54. The molecule has 0 aromatic carbocycles. The normalized spacial score (nSPS) is 35.3. The Hall–Kier alpha value is -0.0400. The molecule has 1 saturated carbocycles. The Kier molecular flexibility index (Phi) is 3.06. The molecule has 78 valence electrons. The van der Waals surface area contributed by atoms with Gasteiger partial charge in [0.05, 0.1) is 5.60 Å². The second kappa shape index (κ2) is 3.61. The molecular formula is C12H24O. The highest BCUT2D eigenvalue weighted by Crippen LogP contribution is 2.45. The van der Waals surface area contributed by atoms with Gasteiger partial charge in [0.15, 0.2) is 0 Å². The molecule has 2 unspecified atom stereocenters. The Bertz CT molecular complexity index is 168. The first-order chi connectivity index (χ1) is 5.81. The number of hydrogen-bond donors (Lipinski definition) is 1. The van der Waals surface area contributed by atoms with Crippen LogP contribution < -0.4 is 0 Å². The molecule has 0 aromatic heterocycles. The van der Waals surface area contributed by atoms with Crippen molar-refractivity contribution in [2.75, 3.05) is 0 Å². The maximum absolute atomic E-state index is 9.66. The molecule has 0 amide bonds. The summed E-state index contributed by atoms with van der Waals surface area (Å²) < 4.78 is 0. The van der Waals surface area contributed by atoms with Gasteiger partial charge in [-0.2, -0.15) is 0 Å². The van der Waals surface area contributed by atoms with Gasteiger partial charge in [0, 0.05) is 0 Å². The minimum absolute atomic E-state index is 0.477. The molecular weight excluding hydrogens is 160 g/mol. The second-order valence-electron chi connectivity index (χ2n) is 5.97. The molecule has 0 spiro atoms. The van der Waals surface area contributed by atoms with Crippen molar-refractivity contribution in [1.29, 1.82) is 0 Å². The highest BCUT2D eigenvalue weighted by molar-refractivity contribution is 4.85. The van der Waals surface area contributed by atoms with Crippen LogP contribution in [0, 0.1) is 11.3 Å². The molecule has 2 atom stereocenters. The standard InChI is InChI=1S/C12H24O/c1-10-5-6-12(4,9-10)8-7-11(2,3)13/h10,13H,5-9H2,1-4H3. The van der Waals surface area contributed by atoms with Gasteiger partial charge in [0.2, 0.25) is 0 Å². The lowest BCUT2D eigenvalue weighted by Gasteiger charge is -2.27. The summed E-state index contributed by atoms with van der Waals surface area (Å²) in [4.78, 5) is 0. The molecule has 1 aliphatic rings. The lowest BCUT2D eigenvalue weighted by atomic mass is 9.80. The van der Waals surface area contributed by atoms with Crippen molar-refractivity contribution in [2.24, 2.45) is 11.3 Å². The molecule has 1 heteroatoms. The highest BCUT2D eigenvalue weighted by Gasteiger charge is 2.33. The zero-order valence-electron chi connectivity index (χ0n) is 9.56. The summed E-state index contributed by atoms with van der Waals surface area (Å²) in [5, 5.41) is 9.66. The lowest BCUT2D eigenvalue weighted by molar-refractivity contribution is 0.0545. The van der Waals surface area contributed by atoms with Crippen LogP contribution in [0.1, 0.15) is 59.8 Å². The molecule has 1 fully saturated rings. The van der Waals surface area contributed by atoms with Crippen molar-refractivity contribution in [3.8, 4) is 0 Å². The van der Waals surface area contributed by atoms with Gasteiger partial charge < -0.3 is 5.11 Å². The quantitative estimate of drug-likeness (QED) is 0.713. The van der Waals surface area contributed by atoms with E-state index in [9.17, 15) is 5.11 Å². The predicted octanol–water partition coefficient (Wildman–Crippen LogP) is 3.36. The molecule has 13 heavy (non-hydrogen) atoms. The van der Waals surface area contributed by atoms with Gasteiger partial charge in [-0.05, 0) is 50.9 Å². The van der Waals surface area contributed by atoms with E-state index >= 15 is 0 Å². The van der Waals surface area contributed by atoms with Crippen molar-refractivity contribution in [3.63, 3.8) is 0 Å². The Labute approximate surface area is 82.5 Å². The average Bonchev–Trinajstić information content (AvgIpc) is 2.27. The Morgan fingerprint density at radius 3 is 2.46 bits per heavy atom. The number of rotatable bonds is 3. The van der Waals surface area contributed by atoms with Crippen LogP contribution in [-0.4, -0.2) is 10.7 Å². The van der Waals surface area contributed by atoms with Gasteiger partial charge in [-0.1, -0.05) is 20.3 Å². The molecule has 0 aromatic rings. The topological polar surface area (TPSA) is 20.2 Å². The third kappa shape index (κ3) is 3.68. The van der Waals surface area contributed by atoms with Gasteiger partial charge in [-0.25, -0.2) is 0 Å². The zero-order chi connectivity index (χ0) is 10.1. The van der Waals surface area contributed by atoms with E-state index in [0.717, 1.165) is 12.3 Å². The van der Waals surface area contributed by atoms with E-state index in [1.165, 1.54) is 25.7 Å². The van der Waals surface area contributed by atoms with E-state index in [2.05, 4.69) is 13.8 Å². The summed E-state index contributed by atoms with van der Waals surface area (Å²) in [6.07, 6.45) is 6.20. The van der Waals surface area contributed by atoms with E-state index in [1.54, 1.807) is 0 Å². The van der Waals surface area contributed by atoms with Crippen LogP contribution in [0.2, 0.25) is 0 Å². The maximum atomic E-state index is 9.66. The van der Waals surface area contributed by atoms with Crippen LogP contribution >= 0.6 is 0 Å². The fourth-order valence-electron chi connectivity index (χ4n) is 2.47. The molecule has 0 aliphatic heterocycles. The predicted molar refractivity (Wildman–Crippen MR) is 56.7 cm³/mol. The van der Waals surface area contributed by atoms with Crippen LogP contribution in [0.3, 0.4) is 0 Å². The van der Waals surface area contributed by atoms with E-state index in [4.69, 9.17) is 0 Å². The van der Waals surface area contributed by atoms with Gasteiger partial charge in [0.25, 0.3) is 0 Å². The van der Waals surface area contributed by atoms with Crippen molar-refractivity contribution in [2.45, 2.75) is 65.4 Å². The summed E-state index contributed by atoms with van der Waals surface area (Å²) >= 11 is 0. The van der Waals surface area contributed by atoms with Crippen molar-refractivity contribution in [3.05, 3.63) is 0 Å². The fourth-order valence-corrected chi connectivity index (χ4v) is 2.47. The minimum Gasteiger partial charge on any atom is -0.390 e. The number of aliphatic hydroxyl groups is 1. The van der Waals surface area contributed by atoms with Crippen LogP contribution in [0.4, 0.5) is 0 Å². The Balaban J connectivity index is 2.36. The average molecular weight is 184 g/mol. The maximum Gasteiger partial charge on any atom is 0.0592 e. The highest BCUT2D eigenvalue weighted by atomic mass is 16.3. The smallest absolute Gasteiger partial charge is 0.0592 e. The summed E-state index contributed by atoms with van der Waals surface area (Å²) in [6, 6.07) is 0. The first kappa shape index (κ1) is 11.0. The lowest BCUT2D eigenvalue weighted by Crippen LogP contribution is -2.23. The van der Waals surface area contributed by atoms with Crippen molar-refractivity contribution >= 4 is 0 Å². The second-order valence-corrected chi connectivity index (χ2v) is 5.97. The summed E-state index contributed by atoms with van der Waals surface area (Å²) in [7, 11) is 0. The Morgan fingerprint density at radius 1 is 1.46 bits per heavy atom. The Morgan fingerprint density at radius 2 is 2.08 bits per heavy atom. The molecule has 1 aliphatic carbocycles. The first-order valence-corrected chi connectivity index (χ1v) is 5.53. The third-order valence-electron chi connectivity index (χ3n) is 3.42. The molecule has 0 radical (unpaired) electrons. The fraction of sp³-hybridized carbons (Fsp3) is 1.00. The first-order valence-electron chi connectivity index (χ1n) is 5.53. The number of hydrogen-bond acceptors (Lipinski definition) is 1. The van der Waals surface area contributed by atoms with Crippen LogP contribution in [0.25, 0.3) is 0 Å². The molecule has 1 rings (SSSR count). The molecule has 0 heterocycles. The molecule has 1 nitrogen and oxygen atoms in total. The van der Waals surface area contributed by atoms with E-state index in [1.807, 2.05) is 13.8 Å². The van der Waals surface area contributed by atoms with Gasteiger partial charge >= 0.3 is 0 Å². The SMILES string of the molecule is CC1CCC(C)(CCC(C)(C)O)C1. The molecule has 1 N–H and O–H groups in total. The van der Waals surface area contributed by atoms with E-state index in [0.29, 0.717) is 5.41 Å². The summed E-state index contributed by atoms with van der Waals surface area (Å²) in [5.74, 6) is 0.895.